The van der Waals surface area contributed by atoms with Gasteiger partial charge in [-0.1, -0.05) is 38.3 Å². The van der Waals surface area contributed by atoms with Crippen molar-refractivity contribution in [3.05, 3.63) is 30.4 Å². The number of hydrogen-bond donors (Lipinski definition) is 2. The fraction of sp³-hybridized carbons (Fsp3) is 0.684. The highest BCUT2D eigenvalue weighted by atomic mass is 16.5. The largest absolute Gasteiger partial charge is 0.469 e. The number of allylic oxidation sites excluding steroid dienone is 2. The van der Waals surface area contributed by atoms with Crippen molar-refractivity contribution in [2.24, 2.45) is 5.92 Å². The smallest absolute Gasteiger partial charge is 0.305 e. The molecule has 0 fully saturated rings. The van der Waals surface area contributed by atoms with Crippen LogP contribution in [0.25, 0.3) is 0 Å². The summed E-state index contributed by atoms with van der Waals surface area (Å²) in [4.78, 5) is 15.2. The van der Waals surface area contributed by atoms with Crippen LogP contribution in [0.2, 0.25) is 0 Å². The van der Waals surface area contributed by atoms with Gasteiger partial charge in [0.25, 0.3) is 0 Å². The van der Waals surface area contributed by atoms with Crippen LogP contribution in [-0.4, -0.2) is 39.5 Å². The van der Waals surface area contributed by atoms with Crippen molar-refractivity contribution in [1.82, 2.24) is 9.55 Å². The van der Waals surface area contributed by atoms with Gasteiger partial charge in [-0.25, -0.2) is 4.98 Å². The summed E-state index contributed by atoms with van der Waals surface area (Å²) in [7, 11) is 1.37. The number of unbranched alkanes of at least 4 members (excludes halogenated alkanes) is 3. The molecule has 0 bridgehead atoms. The van der Waals surface area contributed by atoms with E-state index in [0.717, 1.165) is 25.1 Å². The van der Waals surface area contributed by atoms with Crippen LogP contribution in [0.4, 0.5) is 0 Å². The molecule has 0 unspecified atom stereocenters. The van der Waals surface area contributed by atoms with E-state index in [9.17, 15) is 15.0 Å². The summed E-state index contributed by atoms with van der Waals surface area (Å²) in [6, 6.07) is 0. The van der Waals surface area contributed by atoms with E-state index in [0.29, 0.717) is 19.3 Å². The second kappa shape index (κ2) is 12.7. The molecule has 0 aliphatic rings. The second-order valence-corrected chi connectivity index (χ2v) is 6.28. The summed E-state index contributed by atoms with van der Waals surface area (Å²) in [5.41, 5.74) is 0.749. The molecule has 142 valence electrons. The Kier molecular flexibility index (Phi) is 10.8. The molecule has 6 nitrogen and oxygen atoms in total. The highest BCUT2D eigenvalue weighted by Crippen LogP contribution is 2.25. The maximum atomic E-state index is 11.0. The normalized spacial score (nSPS) is 13.9. The number of imidazole rings is 1. The first-order valence-corrected chi connectivity index (χ1v) is 9.14. The molecule has 2 atom stereocenters. The van der Waals surface area contributed by atoms with Crippen molar-refractivity contribution >= 4 is 5.97 Å². The summed E-state index contributed by atoms with van der Waals surface area (Å²) in [5.74, 6) is -0.532. The third-order valence-electron chi connectivity index (χ3n) is 4.33. The Labute approximate surface area is 150 Å². The minimum Gasteiger partial charge on any atom is -0.469 e. The molecular formula is C19H32N2O4. The lowest BCUT2D eigenvalue weighted by Gasteiger charge is -2.21. The first kappa shape index (κ1) is 21.4. The van der Waals surface area contributed by atoms with Gasteiger partial charge < -0.3 is 19.5 Å². The fourth-order valence-electron chi connectivity index (χ4n) is 2.71. The molecule has 0 aliphatic heterocycles. The highest BCUT2D eigenvalue weighted by molar-refractivity contribution is 5.69. The topological polar surface area (TPSA) is 84.6 Å². The monoisotopic (exact) mass is 352 g/mol. The van der Waals surface area contributed by atoms with Gasteiger partial charge in [-0.15, -0.1) is 0 Å². The van der Waals surface area contributed by atoms with Crippen LogP contribution in [0.1, 0.15) is 63.7 Å². The van der Waals surface area contributed by atoms with E-state index >= 15 is 0 Å². The molecule has 0 saturated heterocycles. The molecule has 1 aromatic heterocycles. The summed E-state index contributed by atoms with van der Waals surface area (Å²) >= 11 is 0. The van der Waals surface area contributed by atoms with E-state index in [1.54, 1.807) is 12.5 Å². The number of nitrogens with zero attached hydrogens (tertiary/aromatic N) is 2. The summed E-state index contributed by atoms with van der Waals surface area (Å²) in [5, 5.41) is 20.2. The molecule has 0 aromatic carbocycles. The third kappa shape index (κ3) is 7.84. The molecule has 1 heterocycles. The molecule has 25 heavy (non-hydrogen) atoms. The highest BCUT2D eigenvalue weighted by Gasteiger charge is 2.22. The van der Waals surface area contributed by atoms with E-state index in [4.69, 9.17) is 0 Å². The number of rotatable bonds is 13. The Morgan fingerprint density at radius 2 is 2.16 bits per heavy atom. The maximum absolute atomic E-state index is 11.0. The number of esters is 1. The molecular weight excluding hydrogens is 320 g/mol. The van der Waals surface area contributed by atoms with E-state index in [2.05, 4.69) is 16.6 Å². The first-order valence-electron chi connectivity index (χ1n) is 9.14. The number of aryl methyl sites for hydroxylation is 1. The number of aliphatic hydroxyl groups excluding tert-OH is 2. The second-order valence-electron chi connectivity index (χ2n) is 6.28. The van der Waals surface area contributed by atoms with Gasteiger partial charge in [0.15, 0.2) is 0 Å². The molecule has 0 radical (unpaired) electrons. The van der Waals surface area contributed by atoms with Gasteiger partial charge in [0, 0.05) is 25.5 Å². The maximum Gasteiger partial charge on any atom is 0.305 e. The Bertz CT molecular complexity index is 513. The number of carbonyl (C=O) groups excluding carboxylic acids is 1. The van der Waals surface area contributed by atoms with Crippen molar-refractivity contribution in [1.29, 1.82) is 0 Å². The van der Waals surface area contributed by atoms with Crippen LogP contribution in [-0.2, 0) is 16.1 Å². The van der Waals surface area contributed by atoms with Gasteiger partial charge in [0.2, 0.25) is 0 Å². The number of methoxy groups -OCH3 is 1. The van der Waals surface area contributed by atoms with E-state index in [1.807, 2.05) is 16.7 Å². The van der Waals surface area contributed by atoms with Gasteiger partial charge in [0.1, 0.15) is 6.10 Å². The van der Waals surface area contributed by atoms with Gasteiger partial charge in [-0.3, -0.25) is 4.79 Å². The van der Waals surface area contributed by atoms with Crippen molar-refractivity contribution in [2.75, 3.05) is 13.7 Å². The number of aliphatic hydroxyl groups is 2. The van der Waals surface area contributed by atoms with Gasteiger partial charge in [0.05, 0.1) is 25.3 Å². The lowest BCUT2D eigenvalue weighted by atomic mass is 9.96. The van der Waals surface area contributed by atoms with Crippen molar-refractivity contribution < 1.29 is 19.7 Å². The molecule has 1 aromatic rings. The van der Waals surface area contributed by atoms with Crippen molar-refractivity contribution in [2.45, 2.75) is 64.5 Å². The Morgan fingerprint density at radius 3 is 2.84 bits per heavy atom. The van der Waals surface area contributed by atoms with Crippen LogP contribution in [0.3, 0.4) is 0 Å². The van der Waals surface area contributed by atoms with Gasteiger partial charge >= 0.3 is 5.97 Å². The Hall–Kier alpha value is -1.66. The van der Waals surface area contributed by atoms with Gasteiger partial charge in [-0.2, -0.15) is 0 Å². The molecule has 0 amide bonds. The first-order chi connectivity index (χ1) is 12.1. The standard InChI is InChI=1S/C19H32N2O4/c1-3-4-5-9-12-21-15-20-13-17(21)19(24)16(14-22)10-7-6-8-11-18(23)25-2/h6-7,13,15-16,19,22,24H,3-5,8-12,14H2,1-2H3/b7-6-/t16-,19-/m0/s1. The zero-order valence-corrected chi connectivity index (χ0v) is 15.4. The number of aromatic nitrogens is 2. The van der Waals surface area contributed by atoms with E-state index in [-0.39, 0.29) is 18.5 Å². The molecule has 1 rings (SSSR count). The third-order valence-corrected chi connectivity index (χ3v) is 4.33. The van der Waals surface area contributed by atoms with Crippen LogP contribution in [0, 0.1) is 5.92 Å². The molecule has 0 aliphatic carbocycles. The average Bonchev–Trinajstić information content (AvgIpc) is 3.09. The van der Waals surface area contributed by atoms with Crippen LogP contribution in [0.5, 0.6) is 0 Å². The van der Waals surface area contributed by atoms with E-state index in [1.165, 1.54) is 20.0 Å². The Balaban J connectivity index is 2.52. The molecule has 2 N–H and O–H groups in total. The number of carbonyl (C=O) groups is 1. The lowest BCUT2D eigenvalue weighted by Crippen LogP contribution is -2.19. The lowest BCUT2D eigenvalue weighted by molar-refractivity contribution is -0.140. The summed E-state index contributed by atoms with van der Waals surface area (Å²) in [6.45, 7) is 2.90. The summed E-state index contributed by atoms with van der Waals surface area (Å²) in [6.07, 6.45) is 12.5. The number of hydrogen-bond acceptors (Lipinski definition) is 5. The quantitative estimate of drug-likeness (QED) is 0.324. The van der Waals surface area contributed by atoms with Gasteiger partial charge in [-0.05, 0) is 19.3 Å². The van der Waals surface area contributed by atoms with Crippen LogP contribution >= 0.6 is 0 Å². The minimum atomic E-state index is -0.760. The van der Waals surface area contributed by atoms with Crippen molar-refractivity contribution in [3.8, 4) is 0 Å². The molecule has 0 spiro atoms. The zero-order chi connectivity index (χ0) is 18.5. The summed E-state index contributed by atoms with van der Waals surface area (Å²) < 4.78 is 6.56. The van der Waals surface area contributed by atoms with Crippen LogP contribution < -0.4 is 0 Å². The number of ether oxygens (including phenoxy) is 1. The zero-order valence-electron chi connectivity index (χ0n) is 15.4. The Morgan fingerprint density at radius 1 is 1.36 bits per heavy atom. The SMILES string of the molecule is CCCCCCn1cncc1[C@@H](O)[C@H](CO)C/C=C\CCC(=O)OC. The average molecular weight is 352 g/mol. The van der Waals surface area contributed by atoms with Crippen molar-refractivity contribution in [3.63, 3.8) is 0 Å². The molecule has 6 heteroatoms. The predicted octanol–water partition coefficient (Wildman–Crippen LogP) is 3.00. The fourth-order valence-corrected chi connectivity index (χ4v) is 2.71. The van der Waals surface area contributed by atoms with Crippen LogP contribution in [0.15, 0.2) is 24.7 Å². The predicted molar refractivity (Wildman–Crippen MR) is 96.9 cm³/mol. The van der Waals surface area contributed by atoms with E-state index < -0.39 is 6.10 Å². The molecule has 0 saturated carbocycles. The minimum absolute atomic E-state index is 0.108.